The fraction of sp³-hybridized carbons (Fsp3) is 0.556. The zero-order valence-electron chi connectivity index (χ0n) is 13.2. The summed E-state index contributed by atoms with van der Waals surface area (Å²) >= 11 is 0. The highest BCUT2D eigenvalue weighted by molar-refractivity contribution is 5.87. The molecule has 0 unspecified atom stereocenters. The number of amides is 2. The van der Waals surface area contributed by atoms with Gasteiger partial charge < -0.3 is 9.80 Å². The van der Waals surface area contributed by atoms with Crippen LogP contribution in [0.2, 0.25) is 0 Å². The molecule has 0 aliphatic carbocycles. The molecule has 2 aliphatic rings. The second-order valence-electron chi connectivity index (χ2n) is 6.52. The minimum absolute atomic E-state index is 0.100. The number of benzene rings is 1. The average molecular weight is 300 g/mol. The Bertz CT molecular complexity index is 543. The van der Waals surface area contributed by atoms with Crippen LogP contribution in [0.1, 0.15) is 31.2 Å². The summed E-state index contributed by atoms with van der Waals surface area (Å²) in [6.07, 6.45) is 4.25. The van der Waals surface area contributed by atoms with Gasteiger partial charge in [0.05, 0.1) is 0 Å². The van der Waals surface area contributed by atoms with Gasteiger partial charge in [-0.25, -0.2) is 0 Å². The van der Waals surface area contributed by atoms with E-state index < -0.39 is 0 Å². The van der Waals surface area contributed by atoms with Gasteiger partial charge in [-0.3, -0.25) is 9.59 Å². The molecule has 2 heterocycles. The molecule has 2 aliphatic heterocycles. The summed E-state index contributed by atoms with van der Waals surface area (Å²) in [4.78, 5) is 28.4. The summed E-state index contributed by atoms with van der Waals surface area (Å²) in [7, 11) is 1.82. The maximum Gasteiger partial charge on any atom is 0.226 e. The number of carbonyl (C=O) groups is 2. The zero-order chi connectivity index (χ0) is 15.5. The van der Waals surface area contributed by atoms with Crippen molar-refractivity contribution in [2.24, 2.45) is 5.92 Å². The molecule has 0 saturated carbocycles. The third-order valence-electron chi connectivity index (χ3n) is 4.98. The Morgan fingerprint density at radius 1 is 1.18 bits per heavy atom. The number of likely N-dealkylation sites (tertiary alicyclic amines) is 2. The first-order valence-corrected chi connectivity index (χ1v) is 8.23. The largest absolute Gasteiger partial charge is 0.346 e. The van der Waals surface area contributed by atoms with Gasteiger partial charge in [0, 0.05) is 38.5 Å². The summed E-state index contributed by atoms with van der Waals surface area (Å²) in [5, 5.41) is 0. The lowest BCUT2D eigenvalue weighted by molar-refractivity contribution is -0.144. The van der Waals surface area contributed by atoms with Gasteiger partial charge in [-0.05, 0) is 31.2 Å². The number of hydrogen-bond donors (Lipinski definition) is 0. The van der Waals surface area contributed by atoms with E-state index in [0.29, 0.717) is 19.0 Å². The predicted octanol–water partition coefficient (Wildman–Crippen LogP) is 2.09. The lowest BCUT2D eigenvalue weighted by Crippen LogP contribution is -2.45. The Morgan fingerprint density at radius 2 is 1.95 bits per heavy atom. The highest BCUT2D eigenvalue weighted by Gasteiger charge is 2.36. The molecule has 1 aromatic rings. The van der Waals surface area contributed by atoms with Crippen molar-refractivity contribution in [1.29, 1.82) is 0 Å². The Morgan fingerprint density at radius 3 is 2.68 bits per heavy atom. The van der Waals surface area contributed by atoms with Gasteiger partial charge in [0.15, 0.2) is 0 Å². The van der Waals surface area contributed by atoms with Crippen LogP contribution in [0.15, 0.2) is 30.3 Å². The van der Waals surface area contributed by atoms with Gasteiger partial charge in [-0.15, -0.1) is 0 Å². The minimum Gasteiger partial charge on any atom is -0.346 e. The van der Waals surface area contributed by atoms with Gasteiger partial charge in [-0.1, -0.05) is 30.3 Å². The highest BCUT2D eigenvalue weighted by atomic mass is 16.2. The maximum atomic E-state index is 12.8. The molecule has 2 amide bonds. The molecule has 0 aromatic heterocycles. The van der Waals surface area contributed by atoms with E-state index in [4.69, 9.17) is 0 Å². The van der Waals surface area contributed by atoms with Gasteiger partial charge in [0.2, 0.25) is 11.8 Å². The molecule has 0 bridgehead atoms. The number of nitrogens with zero attached hydrogens (tertiary/aromatic N) is 2. The molecule has 0 radical (unpaired) electrons. The summed E-state index contributed by atoms with van der Waals surface area (Å²) in [6.45, 7) is 1.54. The van der Waals surface area contributed by atoms with Crippen molar-refractivity contribution in [3.63, 3.8) is 0 Å². The molecule has 4 nitrogen and oxygen atoms in total. The Hall–Kier alpha value is -1.84. The molecule has 3 rings (SSSR count). The van der Waals surface area contributed by atoms with E-state index in [1.807, 2.05) is 30.1 Å². The summed E-state index contributed by atoms with van der Waals surface area (Å²) in [5.74, 6) is 0.184. The van der Waals surface area contributed by atoms with E-state index in [2.05, 4.69) is 12.1 Å². The summed E-state index contributed by atoms with van der Waals surface area (Å²) in [6, 6.07) is 10.7. The molecule has 118 valence electrons. The van der Waals surface area contributed by atoms with Crippen LogP contribution in [0.4, 0.5) is 0 Å². The lowest BCUT2D eigenvalue weighted by atomic mass is 9.94. The van der Waals surface area contributed by atoms with Crippen molar-refractivity contribution >= 4 is 11.8 Å². The first-order valence-electron chi connectivity index (χ1n) is 8.23. The third-order valence-corrected chi connectivity index (χ3v) is 4.98. The molecule has 22 heavy (non-hydrogen) atoms. The van der Waals surface area contributed by atoms with Crippen LogP contribution in [-0.2, 0) is 16.0 Å². The van der Waals surface area contributed by atoms with E-state index in [1.165, 1.54) is 5.56 Å². The SMILES string of the molecule is CN1CC[C@@H](C(=O)N2CCC[C@@H]2Cc2ccccc2)CC1=O. The van der Waals surface area contributed by atoms with E-state index in [9.17, 15) is 9.59 Å². The molecule has 2 fully saturated rings. The minimum atomic E-state index is -0.111. The van der Waals surface area contributed by atoms with Crippen LogP contribution < -0.4 is 0 Å². The number of hydrogen-bond acceptors (Lipinski definition) is 2. The van der Waals surface area contributed by atoms with Crippen LogP contribution in [0, 0.1) is 5.92 Å². The smallest absolute Gasteiger partial charge is 0.226 e. The Balaban J connectivity index is 1.65. The molecular weight excluding hydrogens is 276 g/mol. The fourth-order valence-corrected chi connectivity index (χ4v) is 3.61. The third kappa shape index (κ3) is 3.16. The molecule has 2 saturated heterocycles. The number of rotatable bonds is 3. The normalized spacial score (nSPS) is 25.6. The molecule has 1 aromatic carbocycles. The molecule has 0 spiro atoms. The molecular formula is C18H24N2O2. The second kappa shape index (κ2) is 6.51. The molecule has 0 N–H and O–H groups in total. The Kier molecular flexibility index (Phi) is 4.46. The van der Waals surface area contributed by atoms with Crippen molar-refractivity contribution in [3.8, 4) is 0 Å². The van der Waals surface area contributed by atoms with Crippen molar-refractivity contribution in [2.45, 2.75) is 38.1 Å². The quantitative estimate of drug-likeness (QED) is 0.857. The number of piperidine rings is 1. The van der Waals surface area contributed by atoms with Gasteiger partial charge >= 0.3 is 0 Å². The van der Waals surface area contributed by atoms with Crippen LogP contribution in [0.5, 0.6) is 0 Å². The molecule has 2 atom stereocenters. The van der Waals surface area contributed by atoms with Crippen LogP contribution in [-0.4, -0.2) is 47.8 Å². The van der Waals surface area contributed by atoms with Crippen molar-refractivity contribution in [3.05, 3.63) is 35.9 Å². The topological polar surface area (TPSA) is 40.6 Å². The van der Waals surface area contributed by atoms with E-state index in [0.717, 1.165) is 32.2 Å². The predicted molar refractivity (Wildman–Crippen MR) is 85.2 cm³/mol. The standard InChI is InChI=1S/C18H24N2O2/c1-19-11-9-15(13-17(19)21)18(22)20-10-5-8-16(20)12-14-6-3-2-4-7-14/h2-4,6-7,15-16H,5,8-13H2,1H3/t15-,16-/m1/s1. The summed E-state index contributed by atoms with van der Waals surface area (Å²) < 4.78 is 0. The second-order valence-corrected chi connectivity index (χ2v) is 6.52. The average Bonchev–Trinajstić information content (AvgIpc) is 2.98. The van der Waals surface area contributed by atoms with Crippen LogP contribution in [0.3, 0.4) is 0 Å². The van der Waals surface area contributed by atoms with Crippen molar-refractivity contribution in [2.75, 3.05) is 20.1 Å². The van der Waals surface area contributed by atoms with Crippen molar-refractivity contribution in [1.82, 2.24) is 9.80 Å². The zero-order valence-corrected chi connectivity index (χ0v) is 13.2. The fourth-order valence-electron chi connectivity index (χ4n) is 3.61. The maximum absolute atomic E-state index is 12.8. The van der Waals surface area contributed by atoms with Crippen LogP contribution in [0.25, 0.3) is 0 Å². The monoisotopic (exact) mass is 300 g/mol. The van der Waals surface area contributed by atoms with Gasteiger partial charge in [0.1, 0.15) is 0 Å². The summed E-state index contributed by atoms with van der Waals surface area (Å²) in [5.41, 5.74) is 1.28. The first-order chi connectivity index (χ1) is 10.6. The van der Waals surface area contributed by atoms with E-state index >= 15 is 0 Å². The first kappa shape index (κ1) is 15.1. The van der Waals surface area contributed by atoms with Crippen LogP contribution >= 0.6 is 0 Å². The van der Waals surface area contributed by atoms with Crippen molar-refractivity contribution < 1.29 is 9.59 Å². The van der Waals surface area contributed by atoms with E-state index in [1.54, 1.807) is 4.90 Å². The highest BCUT2D eigenvalue weighted by Crippen LogP contribution is 2.27. The van der Waals surface area contributed by atoms with Gasteiger partial charge in [-0.2, -0.15) is 0 Å². The van der Waals surface area contributed by atoms with E-state index in [-0.39, 0.29) is 17.7 Å². The Labute approximate surface area is 132 Å². The number of carbonyl (C=O) groups excluding carboxylic acids is 2. The van der Waals surface area contributed by atoms with Gasteiger partial charge in [0.25, 0.3) is 0 Å². The molecule has 4 heteroatoms. The lowest BCUT2D eigenvalue weighted by Gasteiger charge is -2.33.